The van der Waals surface area contributed by atoms with Gasteiger partial charge in [-0.15, -0.1) is 23.2 Å². The van der Waals surface area contributed by atoms with Crippen molar-refractivity contribution in [2.75, 3.05) is 11.8 Å². The summed E-state index contributed by atoms with van der Waals surface area (Å²) in [6.07, 6.45) is 0.614. The van der Waals surface area contributed by atoms with E-state index in [0.29, 0.717) is 18.2 Å². The molecule has 0 amide bonds. The van der Waals surface area contributed by atoms with Crippen LogP contribution in [0.25, 0.3) is 0 Å². The predicted octanol–water partition coefficient (Wildman–Crippen LogP) is 5.75. The van der Waals surface area contributed by atoms with E-state index in [4.69, 9.17) is 34.8 Å². The average Bonchev–Trinajstić information content (AvgIpc) is 2.49. The lowest BCUT2D eigenvalue weighted by Crippen LogP contribution is -2.33. The summed E-state index contributed by atoms with van der Waals surface area (Å²) in [5, 5.41) is 0.120. The fourth-order valence-corrected chi connectivity index (χ4v) is 3.32. The van der Waals surface area contributed by atoms with Gasteiger partial charge >= 0.3 is 0 Å². The summed E-state index contributed by atoms with van der Waals surface area (Å²) in [5.41, 5.74) is 2.79. The first-order valence-corrected chi connectivity index (χ1v) is 8.08. The minimum atomic E-state index is -0.418. The van der Waals surface area contributed by atoms with Gasteiger partial charge in [-0.1, -0.05) is 47.5 Å². The summed E-state index contributed by atoms with van der Waals surface area (Å²) >= 11 is 18.3. The normalized spacial score (nSPS) is 11.7. The van der Waals surface area contributed by atoms with Gasteiger partial charge in [-0.25, -0.2) is 4.39 Å². The van der Waals surface area contributed by atoms with Crippen molar-refractivity contribution in [3.05, 3.63) is 70.0 Å². The van der Waals surface area contributed by atoms with Gasteiger partial charge in [0, 0.05) is 17.2 Å². The molecule has 0 atom stereocenters. The maximum Gasteiger partial charge on any atom is 0.141 e. The van der Waals surface area contributed by atoms with E-state index in [0.717, 1.165) is 11.1 Å². The van der Waals surface area contributed by atoms with E-state index in [1.165, 1.54) is 11.6 Å². The summed E-state index contributed by atoms with van der Waals surface area (Å²) in [4.78, 5) is 0. The Balaban J connectivity index is 2.37. The fraction of sp³-hybridized carbons (Fsp3) is 0.294. The molecule has 0 spiro atoms. The molecule has 4 heteroatoms. The van der Waals surface area contributed by atoms with Crippen LogP contribution in [0.2, 0.25) is 5.02 Å². The molecule has 0 aliphatic heterocycles. The molecular weight excluding hydrogens is 330 g/mol. The molecule has 0 nitrogen and oxygen atoms in total. The Bertz CT molecular complexity index is 604. The van der Waals surface area contributed by atoms with E-state index >= 15 is 0 Å². The predicted molar refractivity (Wildman–Crippen MR) is 89.4 cm³/mol. The minimum Gasteiger partial charge on any atom is -0.205 e. The van der Waals surface area contributed by atoms with Gasteiger partial charge in [0.15, 0.2) is 0 Å². The number of rotatable bonds is 5. The third-order valence-corrected chi connectivity index (χ3v) is 5.01. The summed E-state index contributed by atoms with van der Waals surface area (Å²) in [7, 11) is 0. The van der Waals surface area contributed by atoms with E-state index in [1.54, 1.807) is 12.1 Å². The van der Waals surface area contributed by atoms with Gasteiger partial charge in [-0.2, -0.15) is 0 Å². The van der Waals surface area contributed by atoms with Crippen LogP contribution in [0.3, 0.4) is 0 Å². The monoisotopic (exact) mass is 344 g/mol. The van der Waals surface area contributed by atoms with Crippen LogP contribution in [0.1, 0.15) is 16.7 Å². The molecule has 112 valence electrons. The molecule has 0 aliphatic rings. The highest BCUT2D eigenvalue weighted by atomic mass is 35.5. The number of aryl methyl sites for hydroxylation is 1. The van der Waals surface area contributed by atoms with E-state index < -0.39 is 11.2 Å². The van der Waals surface area contributed by atoms with Gasteiger partial charge in [-0.05, 0) is 36.6 Å². The highest BCUT2D eigenvalue weighted by Crippen LogP contribution is 2.33. The fourth-order valence-electron chi connectivity index (χ4n) is 2.33. The van der Waals surface area contributed by atoms with E-state index in [-0.39, 0.29) is 5.02 Å². The van der Waals surface area contributed by atoms with Crippen LogP contribution in [0, 0.1) is 12.7 Å². The summed E-state index contributed by atoms with van der Waals surface area (Å²) in [6.45, 7) is 2.03. The van der Waals surface area contributed by atoms with E-state index in [2.05, 4.69) is 0 Å². The molecule has 0 saturated carbocycles. The maximum atomic E-state index is 13.3. The Morgan fingerprint density at radius 3 is 2.14 bits per heavy atom. The first kappa shape index (κ1) is 16.6. The standard InChI is InChI=1S/C17H16Cl3F/c1-12-2-5-14(6-3-12)17(10-18,11-19)9-13-4-7-16(21)15(20)8-13/h2-8H,9-11H2,1H3. The summed E-state index contributed by atoms with van der Waals surface area (Å²) < 4.78 is 13.3. The van der Waals surface area contributed by atoms with Gasteiger partial charge in [0.1, 0.15) is 5.82 Å². The Kier molecular flexibility index (Phi) is 5.54. The second-order valence-electron chi connectivity index (χ2n) is 5.34. The minimum absolute atomic E-state index is 0.120. The van der Waals surface area contributed by atoms with Crippen LogP contribution < -0.4 is 0 Å². The Morgan fingerprint density at radius 2 is 1.62 bits per heavy atom. The van der Waals surface area contributed by atoms with Crippen LogP contribution in [-0.2, 0) is 11.8 Å². The molecule has 0 aliphatic carbocycles. The van der Waals surface area contributed by atoms with Gasteiger partial charge in [0.25, 0.3) is 0 Å². The summed E-state index contributed by atoms with van der Waals surface area (Å²) in [5.74, 6) is 0.349. The molecule has 2 aromatic rings. The first-order valence-electron chi connectivity index (χ1n) is 6.64. The molecular formula is C17H16Cl3F. The number of alkyl halides is 2. The maximum absolute atomic E-state index is 13.3. The van der Waals surface area contributed by atoms with Gasteiger partial charge in [0.05, 0.1) is 5.02 Å². The third-order valence-electron chi connectivity index (χ3n) is 3.70. The molecule has 21 heavy (non-hydrogen) atoms. The lowest BCUT2D eigenvalue weighted by atomic mass is 9.78. The smallest absolute Gasteiger partial charge is 0.141 e. The summed E-state index contributed by atoms with van der Waals surface area (Å²) in [6, 6.07) is 12.9. The third kappa shape index (κ3) is 3.71. The van der Waals surface area contributed by atoms with Crippen molar-refractivity contribution in [2.45, 2.75) is 18.8 Å². The van der Waals surface area contributed by atoms with Crippen LogP contribution in [0.4, 0.5) is 4.39 Å². The number of benzene rings is 2. The molecule has 2 aromatic carbocycles. The van der Waals surface area contributed by atoms with Crippen molar-refractivity contribution in [3.63, 3.8) is 0 Å². The van der Waals surface area contributed by atoms with Crippen LogP contribution in [0.15, 0.2) is 42.5 Å². The van der Waals surface area contributed by atoms with E-state index in [1.807, 2.05) is 31.2 Å². The zero-order chi connectivity index (χ0) is 15.5. The van der Waals surface area contributed by atoms with E-state index in [9.17, 15) is 4.39 Å². The average molecular weight is 346 g/mol. The van der Waals surface area contributed by atoms with Crippen LogP contribution >= 0.6 is 34.8 Å². The topological polar surface area (TPSA) is 0 Å². The zero-order valence-corrected chi connectivity index (χ0v) is 13.9. The van der Waals surface area contributed by atoms with Crippen molar-refractivity contribution in [2.24, 2.45) is 0 Å². The van der Waals surface area contributed by atoms with Crippen molar-refractivity contribution in [1.29, 1.82) is 0 Å². The molecule has 0 fully saturated rings. The molecule has 2 rings (SSSR count). The molecule has 0 bridgehead atoms. The molecule has 0 aromatic heterocycles. The molecule has 0 saturated heterocycles. The number of hydrogen-bond donors (Lipinski definition) is 0. The quantitative estimate of drug-likeness (QED) is 0.606. The highest BCUT2D eigenvalue weighted by Gasteiger charge is 2.31. The van der Waals surface area contributed by atoms with Crippen molar-refractivity contribution in [3.8, 4) is 0 Å². The van der Waals surface area contributed by atoms with Crippen LogP contribution in [0.5, 0.6) is 0 Å². The lowest BCUT2D eigenvalue weighted by Gasteiger charge is -2.30. The van der Waals surface area contributed by atoms with Crippen molar-refractivity contribution in [1.82, 2.24) is 0 Å². The number of halogens is 4. The van der Waals surface area contributed by atoms with Gasteiger partial charge in [-0.3, -0.25) is 0 Å². The molecule has 0 N–H and O–H groups in total. The molecule has 0 heterocycles. The van der Waals surface area contributed by atoms with Gasteiger partial charge < -0.3 is 0 Å². The molecule has 0 radical (unpaired) electrons. The SMILES string of the molecule is Cc1ccc(C(CCl)(CCl)Cc2ccc(F)c(Cl)c2)cc1. The largest absolute Gasteiger partial charge is 0.205 e. The first-order chi connectivity index (χ1) is 10.0. The van der Waals surface area contributed by atoms with Crippen LogP contribution in [-0.4, -0.2) is 11.8 Å². The second-order valence-corrected chi connectivity index (χ2v) is 6.28. The van der Waals surface area contributed by atoms with Crippen molar-refractivity contribution < 1.29 is 4.39 Å². The second kappa shape index (κ2) is 7.00. The Hall–Kier alpha value is -0.760. The molecule has 0 unspecified atom stereocenters. The Morgan fingerprint density at radius 1 is 1.00 bits per heavy atom. The zero-order valence-electron chi connectivity index (χ0n) is 11.7. The van der Waals surface area contributed by atoms with Gasteiger partial charge in [0.2, 0.25) is 0 Å². The number of hydrogen-bond acceptors (Lipinski definition) is 0. The Labute approximate surface area is 139 Å². The van der Waals surface area contributed by atoms with Crippen molar-refractivity contribution >= 4 is 34.8 Å². The lowest BCUT2D eigenvalue weighted by molar-refractivity contribution is 0.535. The highest BCUT2D eigenvalue weighted by molar-refractivity contribution is 6.30.